The molecule has 1 amide bonds. The molecule has 1 saturated carbocycles. The molecule has 0 heterocycles. The van der Waals surface area contributed by atoms with Crippen LogP contribution in [-0.2, 0) is 11.3 Å². The molecule has 4 nitrogen and oxygen atoms in total. The van der Waals surface area contributed by atoms with Gasteiger partial charge in [-0.2, -0.15) is 0 Å². The predicted molar refractivity (Wildman–Crippen MR) is 105 cm³/mol. The predicted octanol–water partition coefficient (Wildman–Crippen LogP) is 4.61. The van der Waals surface area contributed by atoms with Crippen molar-refractivity contribution in [2.75, 3.05) is 19.0 Å². The van der Waals surface area contributed by atoms with E-state index in [0.717, 1.165) is 17.8 Å². The third-order valence-corrected chi connectivity index (χ3v) is 5.08. The number of nitrogens with zero attached hydrogens (tertiary/aromatic N) is 1. The highest BCUT2D eigenvalue weighted by Crippen LogP contribution is 2.25. The van der Waals surface area contributed by atoms with E-state index in [4.69, 9.17) is 4.74 Å². The lowest BCUT2D eigenvalue weighted by molar-refractivity contribution is -0.118. The highest BCUT2D eigenvalue weighted by Gasteiger charge is 2.19. The molecule has 0 bridgehead atoms. The molecular weight excluding hydrogens is 343 g/mol. The van der Waals surface area contributed by atoms with E-state index in [9.17, 15) is 9.18 Å². The van der Waals surface area contributed by atoms with Crippen LogP contribution in [0, 0.1) is 5.82 Å². The van der Waals surface area contributed by atoms with Crippen LogP contribution in [0.15, 0.2) is 48.5 Å². The van der Waals surface area contributed by atoms with Crippen molar-refractivity contribution in [3.63, 3.8) is 0 Å². The van der Waals surface area contributed by atoms with Gasteiger partial charge in [0.25, 0.3) is 5.91 Å². The molecule has 1 aliphatic rings. The normalized spacial score (nSPS) is 14.9. The molecule has 1 fully saturated rings. The molecule has 5 heteroatoms. The summed E-state index contributed by atoms with van der Waals surface area (Å²) in [6, 6.07) is 14.2. The van der Waals surface area contributed by atoms with E-state index in [0.29, 0.717) is 11.8 Å². The summed E-state index contributed by atoms with van der Waals surface area (Å²) in [7, 11) is 2.15. The maximum absolute atomic E-state index is 13.2. The fraction of sp³-hybridized carbons (Fsp3) is 0.409. The summed E-state index contributed by atoms with van der Waals surface area (Å²) >= 11 is 0. The number of nitrogens with one attached hydrogen (secondary N) is 1. The van der Waals surface area contributed by atoms with Crippen LogP contribution in [0.5, 0.6) is 5.75 Å². The number of carbonyl (C=O) groups excluding carboxylic acids is 1. The minimum Gasteiger partial charge on any atom is -0.484 e. The zero-order valence-electron chi connectivity index (χ0n) is 15.8. The lowest BCUT2D eigenvalue weighted by Gasteiger charge is -2.31. The van der Waals surface area contributed by atoms with E-state index in [-0.39, 0.29) is 18.3 Å². The van der Waals surface area contributed by atoms with E-state index in [1.165, 1.54) is 44.2 Å². The fourth-order valence-electron chi connectivity index (χ4n) is 3.59. The molecule has 0 aliphatic heterocycles. The summed E-state index contributed by atoms with van der Waals surface area (Å²) in [6.45, 7) is 0.641. The molecule has 0 saturated heterocycles. The smallest absolute Gasteiger partial charge is 0.262 e. The van der Waals surface area contributed by atoms with Gasteiger partial charge in [-0.25, -0.2) is 4.39 Å². The zero-order chi connectivity index (χ0) is 19.1. The van der Waals surface area contributed by atoms with Gasteiger partial charge < -0.3 is 10.1 Å². The number of rotatable bonds is 7. The molecule has 0 radical (unpaired) electrons. The molecule has 0 atom stereocenters. The van der Waals surface area contributed by atoms with Gasteiger partial charge in [-0.15, -0.1) is 0 Å². The van der Waals surface area contributed by atoms with Crippen molar-refractivity contribution in [3.8, 4) is 5.75 Å². The van der Waals surface area contributed by atoms with Crippen molar-refractivity contribution in [1.29, 1.82) is 0 Å². The lowest BCUT2D eigenvalue weighted by Crippen LogP contribution is -2.33. The number of hydrogen-bond acceptors (Lipinski definition) is 3. The van der Waals surface area contributed by atoms with Gasteiger partial charge in [-0.05, 0) is 43.7 Å². The van der Waals surface area contributed by atoms with Crippen molar-refractivity contribution >= 4 is 11.6 Å². The Kier molecular flexibility index (Phi) is 6.82. The average Bonchev–Trinajstić information content (AvgIpc) is 2.69. The van der Waals surface area contributed by atoms with Gasteiger partial charge in [0.2, 0.25) is 0 Å². The first-order chi connectivity index (χ1) is 13.1. The number of ether oxygens (including phenoxy) is 1. The highest BCUT2D eigenvalue weighted by atomic mass is 19.1. The second-order valence-electron chi connectivity index (χ2n) is 7.16. The third-order valence-electron chi connectivity index (χ3n) is 5.08. The molecule has 1 N–H and O–H groups in total. The maximum Gasteiger partial charge on any atom is 0.262 e. The SMILES string of the molecule is CN(Cc1ccccc1NC(=O)COc1cccc(F)c1)C1CCCCC1. The Hall–Kier alpha value is -2.40. The summed E-state index contributed by atoms with van der Waals surface area (Å²) in [4.78, 5) is 14.6. The second kappa shape index (κ2) is 9.51. The molecule has 0 spiro atoms. The molecule has 144 valence electrons. The van der Waals surface area contributed by atoms with E-state index >= 15 is 0 Å². The van der Waals surface area contributed by atoms with Gasteiger partial charge >= 0.3 is 0 Å². The largest absolute Gasteiger partial charge is 0.484 e. The van der Waals surface area contributed by atoms with E-state index in [1.54, 1.807) is 12.1 Å². The summed E-state index contributed by atoms with van der Waals surface area (Å²) in [5.74, 6) is -0.300. The molecule has 27 heavy (non-hydrogen) atoms. The zero-order valence-corrected chi connectivity index (χ0v) is 15.8. The van der Waals surface area contributed by atoms with Crippen LogP contribution < -0.4 is 10.1 Å². The van der Waals surface area contributed by atoms with Crippen molar-refractivity contribution in [2.45, 2.75) is 44.7 Å². The number of anilines is 1. The van der Waals surface area contributed by atoms with Crippen LogP contribution in [0.1, 0.15) is 37.7 Å². The first-order valence-electron chi connectivity index (χ1n) is 9.58. The van der Waals surface area contributed by atoms with Crippen LogP contribution >= 0.6 is 0 Å². The van der Waals surface area contributed by atoms with Crippen LogP contribution in [0.2, 0.25) is 0 Å². The summed E-state index contributed by atoms with van der Waals surface area (Å²) < 4.78 is 18.6. The van der Waals surface area contributed by atoms with Gasteiger partial charge in [0.05, 0.1) is 0 Å². The standard InChI is InChI=1S/C22H27FN2O2/c1-25(19-10-3-2-4-11-19)15-17-8-5-6-13-21(17)24-22(26)16-27-20-12-7-9-18(23)14-20/h5-9,12-14,19H,2-4,10-11,15-16H2,1H3,(H,24,26). The van der Waals surface area contributed by atoms with Crippen LogP contribution in [0.4, 0.5) is 10.1 Å². The first kappa shape index (κ1) is 19.4. The first-order valence-corrected chi connectivity index (χ1v) is 9.58. The quantitative estimate of drug-likeness (QED) is 0.774. The average molecular weight is 370 g/mol. The van der Waals surface area contributed by atoms with Gasteiger partial charge in [-0.3, -0.25) is 9.69 Å². The Morgan fingerprint density at radius 1 is 1.15 bits per heavy atom. The number of carbonyl (C=O) groups is 1. The fourth-order valence-corrected chi connectivity index (χ4v) is 3.59. The van der Waals surface area contributed by atoms with Crippen molar-refractivity contribution in [3.05, 3.63) is 59.9 Å². The molecular formula is C22H27FN2O2. The second-order valence-corrected chi connectivity index (χ2v) is 7.16. The Bertz CT molecular complexity index is 759. The van der Waals surface area contributed by atoms with E-state index < -0.39 is 0 Å². The van der Waals surface area contributed by atoms with Gasteiger partial charge in [0.15, 0.2) is 6.61 Å². The lowest BCUT2D eigenvalue weighted by atomic mass is 9.94. The van der Waals surface area contributed by atoms with Crippen LogP contribution in [0.3, 0.4) is 0 Å². The molecule has 0 aromatic heterocycles. The van der Waals surface area contributed by atoms with E-state index in [1.807, 2.05) is 24.3 Å². The summed E-state index contributed by atoms with van der Waals surface area (Å²) in [6.07, 6.45) is 6.41. The minimum absolute atomic E-state index is 0.156. The Labute approximate surface area is 160 Å². The Morgan fingerprint density at radius 2 is 1.93 bits per heavy atom. The molecule has 3 rings (SSSR count). The van der Waals surface area contributed by atoms with Crippen LogP contribution in [0.25, 0.3) is 0 Å². The summed E-state index contributed by atoms with van der Waals surface area (Å²) in [5, 5.41) is 2.92. The van der Waals surface area contributed by atoms with Crippen molar-refractivity contribution < 1.29 is 13.9 Å². The van der Waals surface area contributed by atoms with Gasteiger partial charge in [0.1, 0.15) is 11.6 Å². The summed E-state index contributed by atoms with van der Waals surface area (Å²) in [5.41, 5.74) is 1.89. The van der Waals surface area contributed by atoms with E-state index in [2.05, 4.69) is 17.3 Å². The topological polar surface area (TPSA) is 41.6 Å². The monoisotopic (exact) mass is 370 g/mol. The number of benzene rings is 2. The molecule has 0 unspecified atom stereocenters. The number of para-hydroxylation sites is 1. The molecule has 2 aromatic carbocycles. The Balaban J connectivity index is 1.57. The maximum atomic E-state index is 13.2. The number of hydrogen-bond donors (Lipinski definition) is 1. The van der Waals surface area contributed by atoms with Gasteiger partial charge in [0, 0.05) is 24.3 Å². The molecule has 1 aliphatic carbocycles. The van der Waals surface area contributed by atoms with Crippen LogP contribution in [-0.4, -0.2) is 30.5 Å². The van der Waals surface area contributed by atoms with Crippen molar-refractivity contribution in [2.24, 2.45) is 0 Å². The molecule has 2 aromatic rings. The highest BCUT2D eigenvalue weighted by molar-refractivity contribution is 5.92. The Morgan fingerprint density at radius 3 is 2.70 bits per heavy atom. The third kappa shape index (κ3) is 5.79. The number of amides is 1. The minimum atomic E-state index is -0.385. The van der Waals surface area contributed by atoms with Gasteiger partial charge in [-0.1, -0.05) is 43.5 Å². The number of halogens is 1. The van der Waals surface area contributed by atoms with Crippen molar-refractivity contribution in [1.82, 2.24) is 4.90 Å².